The first-order chi connectivity index (χ1) is 17.2. The zero-order valence-corrected chi connectivity index (χ0v) is 21.0. The predicted molar refractivity (Wildman–Crippen MR) is 133 cm³/mol. The van der Waals surface area contributed by atoms with Gasteiger partial charge < -0.3 is 20.4 Å². The number of nitrogens with zero attached hydrogens (tertiary/aromatic N) is 5. The van der Waals surface area contributed by atoms with Crippen LogP contribution in [-0.4, -0.2) is 55.0 Å². The second-order valence-electron chi connectivity index (χ2n) is 10.2. The van der Waals surface area contributed by atoms with Gasteiger partial charge in [-0.2, -0.15) is 5.26 Å². The number of anilines is 3. The van der Waals surface area contributed by atoms with Crippen molar-refractivity contribution in [1.29, 1.82) is 5.26 Å². The standard InChI is InChI=1S/C25H29F3N6O3/c1-14-12-33(13-20(35)25(14,27)28)22-15(11-29)9-17(26)21(31-22)30-16-5-6-18-19(10-16)34(23(36)32(18)4)8-7-24(2,3)37/h5-6,9-10,14,20,35,37H,7-8,12-13H2,1-4H3,(H,30,31)/t14-,20+/m0/s1. The van der Waals surface area contributed by atoms with Gasteiger partial charge in [-0.05, 0) is 44.5 Å². The van der Waals surface area contributed by atoms with Crippen molar-refractivity contribution in [2.24, 2.45) is 13.0 Å². The number of aliphatic hydroxyl groups is 2. The molecule has 2 aromatic heterocycles. The van der Waals surface area contributed by atoms with Crippen LogP contribution >= 0.6 is 0 Å². The van der Waals surface area contributed by atoms with Crippen LogP contribution in [0.15, 0.2) is 29.1 Å². The van der Waals surface area contributed by atoms with E-state index in [1.807, 2.05) is 6.07 Å². The number of aliphatic hydroxyl groups excluding tert-OH is 1. The number of hydrogen-bond donors (Lipinski definition) is 3. The summed E-state index contributed by atoms with van der Waals surface area (Å²) < 4.78 is 46.2. The normalized spacial score (nSPS) is 19.7. The summed E-state index contributed by atoms with van der Waals surface area (Å²) in [5, 5.41) is 32.4. The van der Waals surface area contributed by atoms with Crippen molar-refractivity contribution in [3.63, 3.8) is 0 Å². The second-order valence-corrected chi connectivity index (χ2v) is 10.2. The summed E-state index contributed by atoms with van der Waals surface area (Å²) >= 11 is 0. The fraction of sp³-hybridized carbons (Fsp3) is 0.480. The molecule has 12 heteroatoms. The van der Waals surface area contributed by atoms with Crippen molar-refractivity contribution in [3.8, 4) is 6.07 Å². The van der Waals surface area contributed by atoms with Crippen molar-refractivity contribution < 1.29 is 23.4 Å². The number of β-amino-alcohol motifs (C(OH)–C–C–N with tert-alkyl or cyclic N) is 1. The molecule has 3 N–H and O–H groups in total. The van der Waals surface area contributed by atoms with E-state index in [1.54, 1.807) is 39.1 Å². The molecule has 0 saturated carbocycles. The minimum absolute atomic E-state index is 0.0179. The second kappa shape index (κ2) is 9.39. The molecule has 1 saturated heterocycles. The lowest BCUT2D eigenvalue weighted by molar-refractivity contribution is -0.149. The van der Waals surface area contributed by atoms with Crippen LogP contribution in [0.1, 0.15) is 32.8 Å². The number of hydrogen-bond acceptors (Lipinski definition) is 7. The van der Waals surface area contributed by atoms with Crippen LogP contribution in [-0.2, 0) is 13.6 Å². The Morgan fingerprint density at radius 3 is 2.59 bits per heavy atom. The summed E-state index contributed by atoms with van der Waals surface area (Å²) in [7, 11) is 1.63. The van der Waals surface area contributed by atoms with Crippen LogP contribution in [0.25, 0.3) is 11.0 Å². The lowest BCUT2D eigenvalue weighted by Crippen LogP contribution is -2.56. The molecule has 1 aliphatic heterocycles. The van der Waals surface area contributed by atoms with Crippen LogP contribution in [0, 0.1) is 23.1 Å². The Kier molecular flexibility index (Phi) is 6.73. The number of pyridine rings is 1. The highest BCUT2D eigenvalue weighted by Crippen LogP contribution is 2.36. The fourth-order valence-corrected chi connectivity index (χ4v) is 4.48. The third-order valence-electron chi connectivity index (χ3n) is 6.72. The van der Waals surface area contributed by atoms with Crippen molar-refractivity contribution in [2.45, 2.75) is 51.4 Å². The van der Waals surface area contributed by atoms with Gasteiger partial charge in [0.15, 0.2) is 11.6 Å². The molecule has 0 spiro atoms. The summed E-state index contributed by atoms with van der Waals surface area (Å²) in [4.78, 5) is 18.3. The highest BCUT2D eigenvalue weighted by molar-refractivity contribution is 5.81. The van der Waals surface area contributed by atoms with Gasteiger partial charge in [0.1, 0.15) is 18.0 Å². The molecule has 198 valence electrons. The highest BCUT2D eigenvalue weighted by atomic mass is 19.3. The molecule has 0 aliphatic carbocycles. The third-order valence-corrected chi connectivity index (χ3v) is 6.72. The molecular formula is C25H29F3N6O3. The van der Waals surface area contributed by atoms with Crippen LogP contribution in [0.3, 0.4) is 0 Å². The maximum atomic E-state index is 14.9. The molecule has 37 heavy (non-hydrogen) atoms. The number of imidazole rings is 1. The number of alkyl halides is 2. The topological polar surface area (TPSA) is 119 Å². The molecule has 0 amide bonds. The quantitative estimate of drug-likeness (QED) is 0.459. The Labute approximate surface area is 211 Å². The molecule has 4 rings (SSSR count). The van der Waals surface area contributed by atoms with E-state index in [0.717, 1.165) is 6.07 Å². The monoisotopic (exact) mass is 518 g/mol. The molecular weight excluding hydrogens is 489 g/mol. The van der Waals surface area contributed by atoms with Gasteiger partial charge in [-0.15, -0.1) is 0 Å². The first kappa shape index (κ1) is 26.5. The third kappa shape index (κ3) is 5.01. The van der Waals surface area contributed by atoms with Gasteiger partial charge in [-0.25, -0.2) is 22.9 Å². The zero-order chi connectivity index (χ0) is 27.3. The summed E-state index contributed by atoms with van der Waals surface area (Å²) in [5.74, 6) is -5.60. The van der Waals surface area contributed by atoms with E-state index in [0.29, 0.717) is 23.1 Å². The van der Waals surface area contributed by atoms with Gasteiger partial charge in [0.25, 0.3) is 5.92 Å². The molecule has 1 fully saturated rings. The van der Waals surface area contributed by atoms with Crippen molar-refractivity contribution in [1.82, 2.24) is 14.1 Å². The van der Waals surface area contributed by atoms with E-state index in [4.69, 9.17) is 0 Å². The molecule has 3 aromatic rings. The van der Waals surface area contributed by atoms with Crippen molar-refractivity contribution >= 4 is 28.4 Å². The number of benzene rings is 1. The lowest BCUT2D eigenvalue weighted by atomic mass is 9.93. The first-order valence-corrected chi connectivity index (χ1v) is 11.8. The highest BCUT2D eigenvalue weighted by Gasteiger charge is 2.49. The first-order valence-electron chi connectivity index (χ1n) is 11.8. The average molecular weight is 519 g/mol. The maximum absolute atomic E-state index is 14.9. The number of aryl methyl sites for hydroxylation is 2. The van der Waals surface area contributed by atoms with E-state index in [2.05, 4.69) is 10.3 Å². The van der Waals surface area contributed by atoms with Gasteiger partial charge in [0.2, 0.25) is 0 Å². The number of halogens is 3. The minimum Gasteiger partial charge on any atom is -0.390 e. The summed E-state index contributed by atoms with van der Waals surface area (Å²) in [6, 6.07) is 7.77. The molecule has 1 aliphatic rings. The molecule has 3 heterocycles. The van der Waals surface area contributed by atoms with Crippen molar-refractivity contribution in [2.75, 3.05) is 23.3 Å². The number of piperidine rings is 1. The Bertz CT molecular complexity index is 1420. The van der Waals surface area contributed by atoms with Gasteiger partial charge in [0.05, 0.1) is 28.7 Å². The number of rotatable bonds is 6. The number of nitrogens with one attached hydrogen (secondary N) is 1. The Morgan fingerprint density at radius 2 is 1.97 bits per heavy atom. The smallest absolute Gasteiger partial charge is 0.328 e. The summed E-state index contributed by atoms with van der Waals surface area (Å²) in [6.45, 7) is 4.20. The van der Waals surface area contributed by atoms with Gasteiger partial charge in [-0.3, -0.25) is 9.13 Å². The zero-order valence-electron chi connectivity index (χ0n) is 21.0. The molecule has 1 aromatic carbocycles. The summed E-state index contributed by atoms with van der Waals surface area (Å²) in [5.41, 5.74) is 0.203. The van der Waals surface area contributed by atoms with E-state index in [9.17, 15) is 33.4 Å². The predicted octanol–water partition coefficient (Wildman–Crippen LogP) is 3.10. The van der Waals surface area contributed by atoms with Crippen LogP contribution in [0.4, 0.5) is 30.5 Å². The molecule has 0 bridgehead atoms. The Hall–Kier alpha value is -3.56. The van der Waals surface area contributed by atoms with Crippen LogP contribution < -0.4 is 15.9 Å². The van der Waals surface area contributed by atoms with Gasteiger partial charge in [-0.1, -0.05) is 6.92 Å². The van der Waals surface area contributed by atoms with Gasteiger partial charge in [0, 0.05) is 31.7 Å². The minimum atomic E-state index is -3.30. The number of aromatic nitrogens is 3. The molecule has 0 radical (unpaired) electrons. The molecule has 0 unspecified atom stereocenters. The van der Waals surface area contributed by atoms with Crippen LogP contribution in [0.5, 0.6) is 0 Å². The van der Waals surface area contributed by atoms with Gasteiger partial charge >= 0.3 is 5.69 Å². The SMILES string of the molecule is C[C@H]1CN(c2nc(Nc3ccc4c(c3)n(CCC(C)(C)O)c(=O)n4C)c(F)cc2C#N)C[C@@H](O)C1(F)F. The maximum Gasteiger partial charge on any atom is 0.328 e. The Balaban J connectivity index is 1.70. The van der Waals surface area contributed by atoms with Crippen molar-refractivity contribution in [3.05, 3.63) is 46.1 Å². The van der Waals surface area contributed by atoms with E-state index >= 15 is 0 Å². The number of fused-ring (bicyclic) bond motifs is 1. The summed E-state index contributed by atoms with van der Waals surface area (Å²) in [6.07, 6.45) is -1.63. The van der Waals surface area contributed by atoms with E-state index < -0.39 is 35.9 Å². The molecule has 2 atom stereocenters. The van der Waals surface area contributed by atoms with Crippen LogP contribution in [0.2, 0.25) is 0 Å². The van der Waals surface area contributed by atoms with E-state index in [1.165, 1.54) is 21.0 Å². The largest absolute Gasteiger partial charge is 0.390 e. The average Bonchev–Trinajstić information content (AvgIpc) is 3.05. The molecule has 9 nitrogen and oxygen atoms in total. The van der Waals surface area contributed by atoms with E-state index in [-0.39, 0.29) is 36.0 Å². The fourth-order valence-electron chi connectivity index (χ4n) is 4.48. The number of nitriles is 1. The Morgan fingerprint density at radius 1 is 1.27 bits per heavy atom. The lowest BCUT2D eigenvalue weighted by Gasteiger charge is -2.40.